The van der Waals surface area contributed by atoms with Crippen LogP contribution in [0.3, 0.4) is 0 Å². The van der Waals surface area contributed by atoms with Crippen molar-refractivity contribution in [3.63, 3.8) is 0 Å². The fraction of sp³-hybridized carbons (Fsp3) is 0.417. The highest BCUT2D eigenvalue weighted by Gasteiger charge is 2.27. The normalized spacial score (nSPS) is 14.2. The minimum Gasteiger partial charge on any atom is -0.337 e. The van der Waals surface area contributed by atoms with Crippen LogP contribution in [0.4, 0.5) is 0 Å². The molecule has 8 heteroatoms. The Kier molecular flexibility index (Phi) is 2.75. The molecule has 20 heavy (non-hydrogen) atoms. The number of aryl methyl sites for hydroxylation is 1. The van der Waals surface area contributed by atoms with Crippen molar-refractivity contribution in [3.05, 3.63) is 44.3 Å². The van der Waals surface area contributed by atoms with Gasteiger partial charge < -0.3 is 4.52 Å². The lowest BCUT2D eigenvalue weighted by molar-refractivity contribution is 0.362. The van der Waals surface area contributed by atoms with Crippen molar-refractivity contribution < 1.29 is 4.52 Å². The van der Waals surface area contributed by atoms with E-state index in [1.165, 1.54) is 10.8 Å². The number of hydrogen-bond acceptors (Lipinski definition) is 6. The Morgan fingerprint density at radius 1 is 1.50 bits per heavy atom. The maximum atomic E-state index is 12.3. The molecule has 0 aromatic carbocycles. The van der Waals surface area contributed by atoms with Gasteiger partial charge in [-0.25, -0.2) is 9.36 Å². The van der Waals surface area contributed by atoms with Crippen LogP contribution in [0.15, 0.2) is 20.3 Å². The van der Waals surface area contributed by atoms with Crippen molar-refractivity contribution in [1.29, 1.82) is 5.26 Å². The van der Waals surface area contributed by atoms with E-state index in [1.54, 1.807) is 6.92 Å². The van der Waals surface area contributed by atoms with Crippen LogP contribution < -0.4 is 11.2 Å². The summed E-state index contributed by atoms with van der Waals surface area (Å²) in [6.07, 6.45) is 3.09. The van der Waals surface area contributed by atoms with Crippen LogP contribution in [-0.2, 0) is 6.54 Å². The number of nitriles is 1. The number of hydrogen-bond donors (Lipinski definition) is 0. The molecule has 8 nitrogen and oxygen atoms in total. The number of aromatic nitrogens is 4. The van der Waals surface area contributed by atoms with Crippen LogP contribution in [0.2, 0.25) is 0 Å². The van der Waals surface area contributed by atoms with Crippen molar-refractivity contribution in [2.45, 2.75) is 32.4 Å². The van der Waals surface area contributed by atoms with E-state index in [4.69, 9.17) is 9.78 Å². The SMILES string of the molecule is Cc1noc(Cn2c(=O)c(C#N)cn(C3CC3)c2=O)n1. The van der Waals surface area contributed by atoms with E-state index in [9.17, 15) is 9.59 Å². The van der Waals surface area contributed by atoms with Gasteiger partial charge in [0.15, 0.2) is 5.82 Å². The van der Waals surface area contributed by atoms with Crippen LogP contribution in [-0.4, -0.2) is 19.3 Å². The Morgan fingerprint density at radius 3 is 2.80 bits per heavy atom. The van der Waals surface area contributed by atoms with Gasteiger partial charge in [0.25, 0.3) is 5.56 Å². The number of rotatable bonds is 3. The van der Waals surface area contributed by atoms with Crippen LogP contribution in [0.25, 0.3) is 0 Å². The molecule has 0 atom stereocenters. The molecule has 0 unspecified atom stereocenters. The summed E-state index contributed by atoms with van der Waals surface area (Å²) in [5.74, 6) is 0.589. The first kappa shape index (κ1) is 12.3. The molecule has 2 aromatic rings. The molecular weight excluding hydrogens is 262 g/mol. The third-order valence-electron chi connectivity index (χ3n) is 3.12. The molecule has 0 saturated heterocycles. The summed E-state index contributed by atoms with van der Waals surface area (Å²) in [4.78, 5) is 28.3. The fourth-order valence-electron chi connectivity index (χ4n) is 1.99. The Balaban J connectivity index is 2.13. The monoisotopic (exact) mass is 273 g/mol. The van der Waals surface area contributed by atoms with Gasteiger partial charge in [-0.15, -0.1) is 0 Å². The lowest BCUT2D eigenvalue weighted by Gasteiger charge is -2.08. The fourth-order valence-corrected chi connectivity index (χ4v) is 1.99. The molecule has 0 spiro atoms. The van der Waals surface area contributed by atoms with Crippen LogP contribution in [0.5, 0.6) is 0 Å². The summed E-state index contributed by atoms with van der Waals surface area (Å²) in [6, 6.07) is 1.89. The molecule has 0 radical (unpaired) electrons. The zero-order chi connectivity index (χ0) is 14.3. The van der Waals surface area contributed by atoms with Crippen LogP contribution in [0.1, 0.15) is 36.2 Å². The first-order valence-electron chi connectivity index (χ1n) is 6.15. The second-order valence-corrected chi connectivity index (χ2v) is 4.70. The Labute approximate surface area is 112 Å². The molecule has 1 fully saturated rings. The van der Waals surface area contributed by atoms with Gasteiger partial charge in [0.2, 0.25) is 5.89 Å². The zero-order valence-corrected chi connectivity index (χ0v) is 10.7. The molecule has 1 aliphatic carbocycles. The lowest BCUT2D eigenvalue weighted by Crippen LogP contribution is -2.41. The maximum absolute atomic E-state index is 12.3. The summed E-state index contributed by atoms with van der Waals surface area (Å²) in [6.45, 7) is 1.52. The van der Waals surface area contributed by atoms with Gasteiger partial charge >= 0.3 is 5.69 Å². The summed E-state index contributed by atoms with van der Waals surface area (Å²) >= 11 is 0. The van der Waals surface area contributed by atoms with Crippen molar-refractivity contribution in [2.75, 3.05) is 0 Å². The molecule has 1 saturated carbocycles. The topological polar surface area (TPSA) is 107 Å². The molecule has 1 aliphatic rings. The summed E-state index contributed by atoms with van der Waals surface area (Å²) in [5, 5.41) is 12.6. The van der Waals surface area contributed by atoms with Gasteiger partial charge in [0, 0.05) is 12.2 Å². The quantitative estimate of drug-likeness (QED) is 0.776. The Morgan fingerprint density at radius 2 is 2.25 bits per heavy atom. The van der Waals surface area contributed by atoms with Crippen molar-refractivity contribution in [1.82, 2.24) is 19.3 Å². The van der Waals surface area contributed by atoms with Crippen LogP contribution >= 0.6 is 0 Å². The average molecular weight is 273 g/mol. The van der Waals surface area contributed by atoms with E-state index in [0.717, 1.165) is 17.4 Å². The largest absolute Gasteiger partial charge is 0.337 e. The second-order valence-electron chi connectivity index (χ2n) is 4.70. The third-order valence-corrected chi connectivity index (χ3v) is 3.12. The molecule has 3 rings (SSSR count). The highest BCUT2D eigenvalue weighted by molar-refractivity contribution is 5.23. The molecule has 0 N–H and O–H groups in total. The highest BCUT2D eigenvalue weighted by atomic mass is 16.5. The number of nitrogens with zero attached hydrogens (tertiary/aromatic N) is 5. The molecule has 2 aromatic heterocycles. The van der Waals surface area contributed by atoms with Crippen molar-refractivity contribution in [3.8, 4) is 6.07 Å². The van der Waals surface area contributed by atoms with Gasteiger partial charge in [-0.2, -0.15) is 10.2 Å². The van der Waals surface area contributed by atoms with Crippen LogP contribution in [0, 0.1) is 18.3 Å². The predicted molar refractivity (Wildman–Crippen MR) is 66.1 cm³/mol. The van der Waals surface area contributed by atoms with Crippen molar-refractivity contribution >= 4 is 0 Å². The molecule has 2 heterocycles. The first-order valence-corrected chi connectivity index (χ1v) is 6.15. The van der Waals surface area contributed by atoms with Gasteiger partial charge in [0.05, 0.1) is 0 Å². The van der Waals surface area contributed by atoms with Gasteiger partial charge in [0.1, 0.15) is 18.2 Å². The van der Waals surface area contributed by atoms with Gasteiger partial charge in [-0.1, -0.05) is 5.16 Å². The van der Waals surface area contributed by atoms with E-state index >= 15 is 0 Å². The molecule has 0 aliphatic heterocycles. The van der Waals surface area contributed by atoms with Gasteiger partial charge in [-0.3, -0.25) is 9.36 Å². The first-order chi connectivity index (χ1) is 9.60. The van der Waals surface area contributed by atoms with E-state index < -0.39 is 11.2 Å². The average Bonchev–Trinajstić information content (AvgIpc) is 3.18. The summed E-state index contributed by atoms with van der Waals surface area (Å²) in [5.41, 5.74) is -1.15. The lowest BCUT2D eigenvalue weighted by atomic mass is 10.3. The summed E-state index contributed by atoms with van der Waals surface area (Å²) in [7, 11) is 0. The zero-order valence-electron chi connectivity index (χ0n) is 10.7. The summed E-state index contributed by atoms with van der Waals surface area (Å²) < 4.78 is 7.31. The molecule has 0 amide bonds. The molecule has 102 valence electrons. The maximum Gasteiger partial charge on any atom is 0.331 e. The minimum atomic E-state index is -0.634. The Hall–Kier alpha value is -2.69. The molecule has 0 bridgehead atoms. The smallest absolute Gasteiger partial charge is 0.331 e. The van der Waals surface area contributed by atoms with E-state index in [-0.39, 0.29) is 24.0 Å². The van der Waals surface area contributed by atoms with E-state index in [2.05, 4.69) is 10.1 Å². The standard InChI is InChI=1S/C12H11N5O3/c1-7-14-10(20-15-7)6-17-11(18)8(4-13)5-16(12(17)19)9-2-3-9/h5,9H,2-3,6H2,1H3. The van der Waals surface area contributed by atoms with E-state index in [0.29, 0.717) is 5.82 Å². The third kappa shape index (κ3) is 2.03. The Bertz CT molecular complexity index is 819. The highest BCUT2D eigenvalue weighted by Crippen LogP contribution is 2.33. The second kappa shape index (κ2) is 4.45. The van der Waals surface area contributed by atoms with Gasteiger partial charge in [-0.05, 0) is 19.8 Å². The predicted octanol–water partition coefficient (Wildman–Crippen LogP) is -0.0437. The van der Waals surface area contributed by atoms with E-state index in [1.807, 2.05) is 6.07 Å². The van der Waals surface area contributed by atoms with Crippen molar-refractivity contribution in [2.24, 2.45) is 0 Å². The molecular formula is C12H11N5O3. The minimum absolute atomic E-state index is 0.0623.